The molecule has 1 atom stereocenters. The number of hydrogen-bond donors (Lipinski definition) is 1. The molecule has 1 unspecified atom stereocenters. The number of alkyl halides is 1. The summed E-state index contributed by atoms with van der Waals surface area (Å²) in [6.07, 6.45) is 0.335. The van der Waals surface area contributed by atoms with Crippen molar-refractivity contribution < 1.29 is 24.4 Å². The van der Waals surface area contributed by atoms with E-state index in [1.54, 1.807) is 17.0 Å². The number of carboxylic acid groups (broad SMARTS) is 1. The van der Waals surface area contributed by atoms with Crippen LogP contribution >= 0.6 is 11.6 Å². The van der Waals surface area contributed by atoms with Crippen LogP contribution in [0.5, 0.6) is 5.75 Å². The van der Waals surface area contributed by atoms with Gasteiger partial charge in [-0.25, -0.2) is 0 Å². The lowest BCUT2D eigenvalue weighted by Crippen LogP contribution is -2.30. The number of nitrogens with zero attached hydrogens (tertiary/aromatic N) is 2. The van der Waals surface area contributed by atoms with Gasteiger partial charge < -0.3 is 14.7 Å². The number of rotatable bonds is 9. The number of nitro benzene ring substituents is 1. The first-order valence-corrected chi connectivity index (χ1v) is 11.4. The van der Waals surface area contributed by atoms with Crippen molar-refractivity contribution >= 4 is 45.6 Å². The summed E-state index contributed by atoms with van der Waals surface area (Å²) in [4.78, 5) is 35.9. The Hall–Kier alpha value is -3.65. The van der Waals surface area contributed by atoms with E-state index in [0.29, 0.717) is 18.2 Å². The zero-order chi connectivity index (χ0) is 24.2. The second-order valence-corrected chi connectivity index (χ2v) is 8.48. The SMILES string of the molecule is O=C(O)CCCC(=O)N1CC(CCl)c2c1cc(OCc1ccc([N+](=O)[O-])cc1)c1ccccc21. The molecule has 1 heterocycles. The molecule has 8 nitrogen and oxygen atoms in total. The van der Waals surface area contributed by atoms with E-state index in [2.05, 4.69) is 0 Å². The lowest BCUT2D eigenvalue weighted by molar-refractivity contribution is -0.384. The van der Waals surface area contributed by atoms with Crippen LogP contribution in [-0.4, -0.2) is 34.3 Å². The number of anilines is 1. The molecule has 1 N–H and O–H groups in total. The van der Waals surface area contributed by atoms with Crippen molar-refractivity contribution in [1.82, 2.24) is 0 Å². The average molecular weight is 483 g/mol. The number of ether oxygens (including phenoxy) is 1. The molecule has 1 aliphatic heterocycles. The van der Waals surface area contributed by atoms with E-state index >= 15 is 0 Å². The number of halogens is 1. The van der Waals surface area contributed by atoms with Crippen LogP contribution in [0.2, 0.25) is 0 Å². The summed E-state index contributed by atoms with van der Waals surface area (Å²) >= 11 is 6.27. The fourth-order valence-electron chi connectivity index (χ4n) is 4.30. The van der Waals surface area contributed by atoms with Gasteiger partial charge in [-0.05, 0) is 35.1 Å². The van der Waals surface area contributed by atoms with Gasteiger partial charge in [-0.2, -0.15) is 0 Å². The van der Waals surface area contributed by atoms with Crippen LogP contribution in [0.3, 0.4) is 0 Å². The molecule has 3 aromatic rings. The summed E-state index contributed by atoms with van der Waals surface area (Å²) in [6.45, 7) is 0.632. The third kappa shape index (κ3) is 4.82. The molecule has 4 rings (SSSR count). The van der Waals surface area contributed by atoms with Crippen molar-refractivity contribution in [2.75, 3.05) is 17.3 Å². The van der Waals surface area contributed by atoms with E-state index < -0.39 is 10.9 Å². The molecule has 0 saturated heterocycles. The molecule has 34 heavy (non-hydrogen) atoms. The van der Waals surface area contributed by atoms with E-state index in [-0.39, 0.29) is 43.4 Å². The standard InChI is InChI=1S/C25H23ClN2O6/c26-13-17-14-27(23(29)6-3-7-24(30)31)21-12-22(19-4-1-2-5-20(19)25(17)21)34-15-16-8-10-18(11-9-16)28(32)33/h1-2,4-5,8-12,17H,3,6-7,13-15H2,(H,30,31). The number of non-ortho nitro benzene ring substituents is 1. The molecule has 0 aromatic heterocycles. The first-order valence-electron chi connectivity index (χ1n) is 10.9. The molecule has 0 radical (unpaired) electrons. The number of carbonyl (C=O) groups is 2. The second-order valence-electron chi connectivity index (χ2n) is 8.17. The Morgan fingerprint density at radius 2 is 1.82 bits per heavy atom. The number of carboxylic acids is 1. The minimum Gasteiger partial charge on any atom is -0.488 e. The van der Waals surface area contributed by atoms with Gasteiger partial charge >= 0.3 is 5.97 Å². The Morgan fingerprint density at radius 3 is 2.47 bits per heavy atom. The van der Waals surface area contributed by atoms with Gasteiger partial charge in [0.1, 0.15) is 12.4 Å². The summed E-state index contributed by atoms with van der Waals surface area (Å²) in [5.41, 5.74) is 2.49. The average Bonchev–Trinajstić information content (AvgIpc) is 3.21. The normalized spacial score (nSPS) is 14.7. The fourth-order valence-corrected chi connectivity index (χ4v) is 4.55. The Labute approximate surface area is 200 Å². The zero-order valence-electron chi connectivity index (χ0n) is 18.3. The Balaban J connectivity index is 1.66. The Kier molecular flexibility index (Phi) is 6.98. The first kappa shape index (κ1) is 23.5. The van der Waals surface area contributed by atoms with Crippen LogP contribution in [0, 0.1) is 10.1 Å². The van der Waals surface area contributed by atoms with Gasteiger partial charge in [0.2, 0.25) is 5.91 Å². The number of benzene rings is 3. The minimum absolute atomic E-state index is 0.0101. The van der Waals surface area contributed by atoms with Crippen molar-refractivity contribution in [3.8, 4) is 5.75 Å². The van der Waals surface area contributed by atoms with E-state index in [4.69, 9.17) is 21.4 Å². The van der Waals surface area contributed by atoms with Crippen LogP contribution in [0.1, 0.15) is 36.3 Å². The van der Waals surface area contributed by atoms with Crippen LogP contribution in [0.4, 0.5) is 11.4 Å². The monoisotopic (exact) mass is 482 g/mol. The molecule has 1 amide bonds. The smallest absolute Gasteiger partial charge is 0.303 e. The molecule has 0 spiro atoms. The predicted molar refractivity (Wildman–Crippen MR) is 129 cm³/mol. The summed E-state index contributed by atoms with van der Waals surface area (Å²) in [5, 5.41) is 21.6. The fraction of sp³-hybridized carbons (Fsp3) is 0.280. The van der Waals surface area contributed by atoms with Gasteiger partial charge in [0.15, 0.2) is 0 Å². The highest BCUT2D eigenvalue weighted by Gasteiger charge is 2.34. The molecule has 3 aromatic carbocycles. The van der Waals surface area contributed by atoms with Gasteiger partial charge in [-0.3, -0.25) is 19.7 Å². The van der Waals surface area contributed by atoms with Gasteiger partial charge in [0.25, 0.3) is 5.69 Å². The maximum atomic E-state index is 13.0. The number of hydrogen-bond acceptors (Lipinski definition) is 5. The molecule has 0 aliphatic carbocycles. The molecule has 1 aliphatic rings. The number of fused-ring (bicyclic) bond motifs is 3. The van der Waals surface area contributed by atoms with E-state index in [1.807, 2.05) is 30.3 Å². The highest BCUT2D eigenvalue weighted by Crippen LogP contribution is 2.46. The molecule has 0 fully saturated rings. The van der Waals surface area contributed by atoms with Gasteiger partial charge in [-0.15, -0.1) is 11.6 Å². The third-order valence-electron chi connectivity index (χ3n) is 5.94. The van der Waals surface area contributed by atoms with Gasteiger partial charge in [-0.1, -0.05) is 24.3 Å². The summed E-state index contributed by atoms with van der Waals surface area (Å²) in [5.74, 6) is -0.188. The summed E-state index contributed by atoms with van der Waals surface area (Å²) < 4.78 is 6.12. The van der Waals surface area contributed by atoms with Crippen molar-refractivity contribution in [1.29, 1.82) is 0 Å². The molecule has 176 valence electrons. The van der Waals surface area contributed by atoms with Crippen LogP contribution in [-0.2, 0) is 16.2 Å². The predicted octanol–water partition coefficient (Wildman–Crippen LogP) is 5.25. The van der Waals surface area contributed by atoms with Crippen molar-refractivity contribution in [3.05, 3.63) is 75.8 Å². The van der Waals surface area contributed by atoms with Crippen molar-refractivity contribution in [3.63, 3.8) is 0 Å². The first-order chi connectivity index (χ1) is 16.4. The zero-order valence-corrected chi connectivity index (χ0v) is 19.0. The highest BCUT2D eigenvalue weighted by atomic mass is 35.5. The van der Waals surface area contributed by atoms with Crippen LogP contribution < -0.4 is 9.64 Å². The highest BCUT2D eigenvalue weighted by molar-refractivity contribution is 6.19. The van der Waals surface area contributed by atoms with E-state index in [0.717, 1.165) is 27.6 Å². The molecular weight excluding hydrogens is 460 g/mol. The maximum absolute atomic E-state index is 13.0. The van der Waals surface area contributed by atoms with E-state index in [9.17, 15) is 19.7 Å². The van der Waals surface area contributed by atoms with Crippen LogP contribution in [0.15, 0.2) is 54.6 Å². The topological polar surface area (TPSA) is 110 Å². The maximum Gasteiger partial charge on any atom is 0.303 e. The largest absolute Gasteiger partial charge is 0.488 e. The lowest BCUT2D eigenvalue weighted by atomic mass is 9.95. The molecular formula is C25H23ClN2O6. The van der Waals surface area contributed by atoms with Crippen LogP contribution in [0.25, 0.3) is 10.8 Å². The number of amides is 1. The van der Waals surface area contributed by atoms with Crippen molar-refractivity contribution in [2.45, 2.75) is 31.8 Å². The Bertz CT molecular complexity index is 1240. The number of aliphatic carboxylic acids is 1. The van der Waals surface area contributed by atoms with E-state index in [1.165, 1.54) is 12.1 Å². The number of carbonyl (C=O) groups excluding carboxylic acids is 1. The van der Waals surface area contributed by atoms with Crippen molar-refractivity contribution in [2.24, 2.45) is 0 Å². The Morgan fingerprint density at radius 1 is 1.12 bits per heavy atom. The summed E-state index contributed by atoms with van der Waals surface area (Å²) in [6, 6.07) is 15.8. The van der Waals surface area contributed by atoms with Gasteiger partial charge in [0.05, 0.1) is 10.6 Å². The lowest BCUT2D eigenvalue weighted by Gasteiger charge is -2.19. The third-order valence-corrected chi connectivity index (χ3v) is 6.31. The molecule has 0 bridgehead atoms. The quantitative estimate of drug-likeness (QED) is 0.253. The minimum atomic E-state index is -0.929. The summed E-state index contributed by atoms with van der Waals surface area (Å²) in [7, 11) is 0. The molecule has 0 saturated carbocycles. The molecule has 9 heteroatoms. The van der Waals surface area contributed by atoms with Gasteiger partial charge in [0, 0.05) is 54.8 Å². The number of nitro groups is 1. The second kappa shape index (κ2) is 10.1.